The fourth-order valence-corrected chi connectivity index (χ4v) is 3.68. The van der Waals surface area contributed by atoms with Gasteiger partial charge in [0.1, 0.15) is 5.69 Å². The molecule has 2 heterocycles. The van der Waals surface area contributed by atoms with E-state index >= 15 is 0 Å². The molecule has 3 aromatic carbocycles. The molecule has 5 rings (SSSR count). The van der Waals surface area contributed by atoms with Gasteiger partial charge in [0, 0.05) is 16.8 Å². The molecule has 152 valence electrons. The summed E-state index contributed by atoms with van der Waals surface area (Å²) in [4.78, 5) is 20.8. The lowest BCUT2D eigenvalue weighted by molar-refractivity contribution is 0.103. The number of ketones is 1. The Hall–Kier alpha value is -3.99. The minimum absolute atomic E-state index is 0.00290. The van der Waals surface area contributed by atoms with E-state index in [1.54, 1.807) is 0 Å². The van der Waals surface area contributed by atoms with E-state index in [0.717, 1.165) is 22.4 Å². The number of aromatic amines is 1. The lowest BCUT2D eigenvalue weighted by Gasteiger charge is -2.04. The van der Waals surface area contributed by atoms with Crippen LogP contribution in [0.25, 0.3) is 22.6 Å². The molecule has 5 aromatic rings. The zero-order valence-electron chi connectivity index (χ0n) is 17.5. The zero-order valence-corrected chi connectivity index (χ0v) is 17.5. The van der Waals surface area contributed by atoms with Gasteiger partial charge in [0.2, 0.25) is 0 Å². The predicted molar refractivity (Wildman–Crippen MR) is 122 cm³/mol. The topological polar surface area (TPSA) is 63.6 Å². The van der Waals surface area contributed by atoms with Gasteiger partial charge in [-0.1, -0.05) is 60.2 Å². The third-order valence-electron chi connectivity index (χ3n) is 5.46. The van der Waals surface area contributed by atoms with Gasteiger partial charge in [-0.15, -0.1) is 0 Å². The molecule has 0 bridgehead atoms. The molecule has 0 atom stereocenters. The van der Waals surface area contributed by atoms with Crippen molar-refractivity contribution in [3.8, 4) is 11.5 Å². The molecule has 5 heteroatoms. The van der Waals surface area contributed by atoms with Crippen molar-refractivity contribution in [2.24, 2.45) is 0 Å². The number of H-pyrrole nitrogens is 1. The predicted octanol–water partition coefficient (Wildman–Crippen LogP) is 5.32. The fraction of sp³-hybridized carbons (Fsp3) is 0.115. The molecule has 0 saturated heterocycles. The highest BCUT2D eigenvalue weighted by molar-refractivity contribution is 6.10. The van der Waals surface area contributed by atoms with Gasteiger partial charge in [-0.2, -0.15) is 5.10 Å². The maximum Gasteiger partial charge on any atom is 0.193 e. The molecule has 0 saturated carbocycles. The lowest BCUT2D eigenvalue weighted by atomic mass is 10.0. The van der Waals surface area contributed by atoms with Crippen molar-refractivity contribution in [2.45, 2.75) is 20.4 Å². The van der Waals surface area contributed by atoms with Crippen molar-refractivity contribution in [1.82, 2.24) is 19.7 Å². The smallest absolute Gasteiger partial charge is 0.193 e. The van der Waals surface area contributed by atoms with Gasteiger partial charge < -0.3 is 4.98 Å². The average Bonchev–Trinajstić information content (AvgIpc) is 3.38. The highest BCUT2D eigenvalue weighted by atomic mass is 16.1. The van der Waals surface area contributed by atoms with Crippen LogP contribution in [0.2, 0.25) is 0 Å². The van der Waals surface area contributed by atoms with Gasteiger partial charge in [0.25, 0.3) is 0 Å². The lowest BCUT2D eigenvalue weighted by Crippen LogP contribution is -2.03. The minimum atomic E-state index is -0.00290. The second kappa shape index (κ2) is 7.69. The normalized spacial score (nSPS) is 11.2. The average molecular weight is 406 g/mol. The standard InChI is InChI=1S/C26H22N4O/c1-17-8-10-19(11-9-17)16-30-18(2)14-24(29-30)26-27-22-13-12-21(15-23(22)28-26)25(31)20-6-4-3-5-7-20/h3-15H,16H2,1-2H3,(H,27,28). The second-order valence-electron chi connectivity index (χ2n) is 7.83. The number of hydrogen-bond donors (Lipinski definition) is 1. The van der Waals surface area contributed by atoms with E-state index in [1.165, 1.54) is 11.1 Å². The van der Waals surface area contributed by atoms with Gasteiger partial charge >= 0.3 is 0 Å². The first kappa shape index (κ1) is 19.0. The van der Waals surface area contributed by atoms with E-state index in [4.69, 9.17) is 5.10 Å². The quantitative estimate of drug-likeness (QED) is 0.402. The molecule has 0 spiro atoms. The van der Waals surface area contributed by atoms with E-state index in [2.05, 4.69) is 41.2 Å². The Morgan fingerprint density at radius 2 is 1.68 bits per heavy atom. The van der Waals surface area contributed by atoms with Crippen LogP contribution in [0.15, 0.2) is 78.9 Å². The maximum atomic E-state index is 12.8. The first-order chi connectivity index (χ1) is 15.1. The van der Waals surface area contributed by atoms with Gasteiger partial charge in [0.05, 0.1) is 17.6 Å². The molecule has 5 nitrogen and oxygen atoms in total. The number of carbonyl (C=O) groups is 1. The first-order valence-corrected chi connectivity index (χ1v) is 10.3. The van der Waals surface area contributed by atoms with Crippen LogP contribution < -0.4 is 0 Å². The number of nitrogens with zero attached hydrogens (tertiary/aromatic N) is 3. The monoisotopic (exact) mass is 406 g/mol. The summed E-state index contributed by atoms with van der Waals surface area (Å²) in [5.74, 6) is 0.696. The van der Waals surface area contributed by atoms with Crippen molar-refractivity contribution in [3.05, 3.63) is 107 Å². The molecule has 31 heavy (non-hydrogen) atoms. The van der Waals surface area contributed by atoms with Crippen LogP contribution >= 0.6 is 0 Å². The molecule has 0 unspecified atom stereocenters. The molecule has 2 aromatic heterocycles. The van der Waals surface area contributed by atoms with Gasteiger partial charge in [-0.25, -0.2) is 4.98 Å². The van der Waals surface area contributed by atoms with Crippen molar-refractivity contribution in [2.75, 3.05) is 0 Å². The number of hydrogen-bond acceptors (Lipinski definition) is 3. The summed E-state index contributed by atoms with van der Waals surface area (Å²) < 4.78 is 1.98. The molecule has 0 amide bonds. The van der Waals surface area contributed by atoms with Crippen LogP contribution in [-0.2, 0) is 6.54 Å². The summed E-state index contributed by atoms with van der Waals surface area (Å²) in [6.45, 7) is 4.84. The van der Waals surface area contributed by atoms with E-state index in [9.17, 15) is 4.79 Å². The van der Waals surface area contributed by atoms with Gasteiger partial charge in [-0.3, -0.25) is 9.48 Å². The van der Waals surface area contributed by atoms with Crippen molar-refractivity contribution in [1.29, 1.82) is 0 Å². The maximum absolute atomic E-state index is 12.8. The summed E-state index contributed by atoms with van der Waals surface area (Å²) >= 11 is 0. The molecule has 1 N–H and O–H groups in total. The number of nitrogens with one attached hydrogen (secondary N) is 1. The molecular weight excluding hydrogens is 384 g/mol. The Balaban J connectivity index is 1.44. The van der Waals surface area contributed by atoms with Gasteiger partial charge in [-0.05, 0) is 43.7 Å². The Morgan fingerprint density at radius 3 is 2.45 bits per heavy atom. The van der Waals surface area contributed by atoms with Crippen molar-refractivity contribution >= 4 is 16.8 Å². The summed E-state index contributed by atoms with van der Waals surface area (Å²) in [6.07, 6.45) is 0. The van der Waals surface area contributed by atoms with E-state index < -0.39 is 0 Å². The number of aryl methyl sites for hydroxylation is 2. The van der Waals surface area contributed by atoms with E-state index in [0.29, 0.717) is 23.5 Å². The number of rotatable bonds is 5. The van der Waals surface area contributed by atoms with Crippen LogP contribution in [0, 0.1) is 13.8 Å². The third kappa shape index (κ3) is 3.78. The molecule has 0 radical (unpaired) electrons. The zero-order chi connectivity index (χ0) is 21.4. The van der Waals surface area contributed by atoms with Crippen LogP contribution in [-0.4, -0.2) is 25.5 Å². The van der Waals surface area contributed by atoms with E-state index in [-0.39, 0.29) is 5.78 Å². The Bertz CT molecular complexity index is 1380. The van der Waals surface area contributed by atoms with Crippen LogP contribution in [0.3, 0.4) is 0 Å². The Labute approximate surface area is 180 Å². The van der Waals surface area contributed by atoms with Crippen molar-refractivity contribution < 1.29 is 4.79 Å². The van der Waals surface area contributed by atoms with Gasteiger partial charge in [0.15, 0.2) is 11.6 Å². The number of fused-ring (bicyclic) bond motifs is 1. The number of imidazole rings is 1. The Morgan fingerprint density at radius 1 is 0.903 bits per heavy atom. The molecule has 0 aliphatic rings. The van der Waals surface area contributed by atoms with Crippen LogP contribution in [0.1, 0.15) is 32.7 Å². The molecule has 0 aliphatic carbocycles. The largest absolute Gasteiger partial charge is 0.337 e. The molecular formula is C26H22N4O. The second-order valence-corrected chi connectivity index (χ2v) is 7.83. The summed E-state index contributed by atoms with van der Waals surface area (Å²) in [5, 5.41) is 4.75. The first-order valence-electron chi connectivity index (χ1n) is 10.3. The minimum Gasteiger partial charge on any atom is -0.337 e. The summed E-state index contributed by atoms with van der Waals surface area (Å²) in [7, 11) is 0. The third-order valence-corrected chi connectivity index (χ3v) is 5.46. The summed E-state index contributed by atoms with van der Waals surface area (Å²) in [6, 6.07) is 25.4. The number of aromatic nitrogens is 4. The van der Waals surface area contributed by atoms with E-state index in [1.807, 2.05) is 66.2 Å². The highest BCUT2D eigenvalue weighted by Crippen LogP contribution is 2.23. The van der Waals surface area contributed by atoms with Crippen molar-refractivity contribution in [3.63, 3.8) is 0 Å². The summed E-state index contributed by atoms with van der Waals surface area (Å²) in [5.41, 5.74) is 7.24. The fourth-order valence-electron chi connectivity index (χ4n) is 3.68. The Kier molecular flexibility index (Phi) is 4.71. The SMILES string of the molecule is Cc1ccc(Cn2nc(-c3nc4ccc(C(=O)c5ccccc5)cc4[nH]3)cc2C)cc1. The molecule has 0 fully saturated rings. The van der Waals surface area contributed by atoms with Crippen LogP contribution in [0.4, 0.5) is 0 Å². The van der Waals surface area contributed by atoms with Crippen LogP contribution in [0.5, 0.6) is 0 Å². The highest BCUT2D eigenvalue weighted by Gasteiger charge is 2.14. The number of carbonyl (C=O) groups excluding carboxylic acids is 1. The molecule has 0 aliphatic heterocycles. The number of benzene rings is 3.